The normalized spacial score (nSPS) is 25.8. The van der Waals surface area contributed by atoms with Crippen LogP contribution in [0.4, 0.5) is 13.3 Å². The molecule has 0 spiro atoms. The number of halogens is 3. The van der Waals surface area contributed by atoms with Crippen molar-refractivity contribution in [2.45, 2.75) is 13.0 Å². The van der Waals surface area contributed by atoms with E-state index in [2.05, 4.69) is 4.94 Å². The third-order valence-corrected chi connectivity index (χ3v) is 2.52. The van der Waals surface area contributed by atoms with Crippen molar-refractivity contribution in [3.05, 3.63) is 12.4 Å². The van der Waals surface area contributed by atoms with Gasteiger partial charge in [-0.15, -0.1) is 8.78 Å². The Morgan fingerprint density at radius 3 is 2.60 bits per heavy atom. The number of likely N-dealkylation sites (N-methyl/N-ethyl adjacent to an activating group) is 1. The van der Waals surface area contributed by atoms with Crippen LogP contribution in [0.5, 0.6) is 0 Å². The molecule has 7 heteroatoms. The molecular formula is C8H12F3N2O2+. The standard InChI is InChI=1S/C8H12F3N2O2/c1-3-13(5-4-12(2)6-13)8(9,10)7(14)15-11/h4-5H,3,6H2,1-2H3/q+1. The van der Waals surface area contributed by atoms with E-state index in [1.54, 1.807) is 7.05 Å². The fourth-order valence-electron chi connectivity index (χ4n) is 1.55. The van der Waals surface area contributed by atoms with Gasteiger partial charge >= 0.3 is 12.0 Å². The first-order valence-electron chi connectivity index (χ1n) is 4.37. The Bertz CT molecular complexity index is 296. The molecule has 1 aliphatic rings. The first-order valence-corrected chi connectivity index (χ1v) is 4.37. The van der Waals surface area contributed by atoms with Crippen molar-refractivity contribution >= 4 is 5.97 Å². The van der Waals surface area contributed by atoms with Crippen LogP contribution in [0.2, 0.25) is 0 Å². The van der Waals surface area contributed by atoms with Gasteiger partial charge in [0.1, 0.15) is 6.20 Å². The summed E-state index contributed by atoms with van der Waals surface area (Å²) in [6, 6.07) is -3.91. The highest BCUT2D eigenvalue weighted by atomic mass is 19.3. The minimum atomic E-state index is -3.91. The highest BCUT2D eigenvalue weighted by molar-refractivity contribution is 5.75. The van der Waals surface area contributed by atoms with E-state index in [4.69, 9.17) is 0 Å². The number of quaternary nitrogens is 1. The molecule has 0 fully saturated rings. The third kappa shape index (κ3) is 1.67. The van der Waals surface area contributed by atoms with Crippen LogP contribution in [0.15, 0.2) is 12.4 Å². The average molecular weight is 225 g/mol. The monoisotopic (exact) mass is 225 g/mol. The average Bonchev–Trinajstić information content (AvgIpc) is 2.60. The Morgan fingerprint density at radius 2 is 2.27 bits per heavy atom. The van der Waals surface area contributed by atoms with E-state index in [-0.39, 0.29) is 13.2 Å². The van der Waals surface area contributed by atoms with Crippen LogP contribution in [0.1, 0.15) is 6.92 Å². The third-order valence-electron chi connectivity index (χ3n) is 2.52. The fraction of sp³-hybridized carbons (Fsp3) is 0.625. The predicted octanol–water partition coefficient (Wildman–Crippen LogP) is 1.22. The van der Waals surface area contributed by atoms with Gasteiger partial charge in [0.25, 0.3) is 0 Å². The van der Waals surface area contributed by atoms with Gasteiger partial charge in [0, 0.05) is 11.6 Å². The summed E-state index contributed by atoms with van der Waals surface area (Å²) in [5, 5.41) is 0. The molecule has 1 unspecified atom stereocenters. The molecule has 0 aromatic rings. The van der Waals surface area contributed by atoms with Crippen molar-refractivity contribution in [1.82, 2.24) is 4.90 Å². The Labute approximate surface area is 85.0 Å². The first-order chi connectivity index (χ1) is 6.89. The van der Waals surface area contributed by atoms with Gasteiger partial charge in [-0.3, -0.25) is 0 Å². The van der Waals surface area contributed by atoms with E-state index in [0.717, 1.165) is 6.20 Å². The minimum absolute atomic E-state index is 0.0388. The Hall–Kier alpha value is -1.24. The van der Waals surface area contributed by atoms with Gasteiger partial charge in [0.05, 0.1) is 12.7 Å². The lowest BCUT2D eigenvalue weighted by Gasteiger charge is -2.34. The largest absolute Gasteiger partial charge is 0.501 e. The molecule has 0 aromatic heterocycles. The summed E-state index contributed by atoms with van der Waals surface area (Å²) in [5.41, 5.74) is 0. The van der Waals surface area contributed by atoms with Gasteiger partial charge in [-0.2, -0.15) is 0 Å². The predicted molar refractivity (Wildman–Crippen MR) is 44.7 cm³/mol. The molecule has 0 saturated carbocycles. The molecule has 15 heavy (non-hydrogen) atoms. The number of alkyl halides is 2. The highest BCUT2D eigenvalue weighted by Gasteiger charge is 2.62. The quantitative estimate of drug-likeness (QED) is 0.534. The molecule has 1 atom stereocenters. The summed E-state index contributed by atoms with van der Waals surface area (Å²) in [6.45, 7) is 1.35. The molecule has 0 saturated heterocycles. The maximum atomic E-state index is 13.5. The number of hydrogen-bond acceptors (Lipinski definition) is 3. The zero-order valence-electron chi connectivity index (χ0n) is 8.41. The zero-order valence-corrected chi connectivity index (χ0v) is 8.41. The lowest BCUT2D eigenvalue weighted by atomic mass is 10.3. The number of rotatable bonds is 3. The maximum absolute atomic E-state index is 13.5. The summed E-state index contributed by atoms with van der Waals surface area (Å²) in [7, 11) is 1.59. The number of carbonyl (C=O) groups excluding carboxylic acids is 1. The van der Waals surface area contributed by atoms with E-state index in [0.29, 0.717) is 0 Å². The molecule has 0 bridgehead atoms. The summed E-state index contributed by atoms with van der Waals surface area (Å²) >= 11 is 0. The van der Waals surface area contributed by atoms with E-state index in [9.17, 15) is 18.1 Å². The van der Waals surface area contributed by atoms with Gasteiger partial charge in [-0.25, -0.2) is 14.2 Å². The van der Waals surface area contributed by atoms with E-state index in [1.807, 2.05) is 0 Å². The SMILES string of the molecule is CC[N+]1(C(F)(F)C(=O)OF)C=CN(C)C1. The van der Waals surface area contributed by atoms with Crippen molar-refractivity contribution in [2.24, 2.45) is 0 Å². The van der Waals surface area contributed by atoms with Crippen molar-refractivity contribution in [3.8, 4) is 0 Å². The van der Waals surface area contributed by atoms with E-state index < -0.39 is 16.5 Å². The molecule has 0 aliphatic carbocycles. The Morgan fingerprint density at radius 1 is 1.67 bits per heavy atom. The van der Waals surface area contributed by atoms with Crippen molar-refractivity contribution in [1.29, 1.82) is 0 Å². The molecule has 0 radical (unpaired) electrons. The molecule has 1 aliphatic heterocycles. The molecule has 4 nitrogen and oxygen atoms in total. The minimum Gasteiger partial charge on any atom is -0.329 e. The smallest absolute Gasteiger partial charge is 0.329 e. The molecular weight excluding hydrogens is 213 g/mol. The van der Waals surface area contributed by atoms with Crippen LogP contribution in [0.25, 0.3) is 0 Å². The van der Waals surface area contributed by atoms with Gasteiger partial charge in [-0.05, 0) is 6.92 Å². The number of nitrogens with zero attached hydrogens (tertiary/aromatic N) is 2. The molecule has 0 amide bonds. The van der Waals surface area contributed by atoms with Crippen LogP contribution in [0, 0.1) is 0 Å². The lowest BCUT2D eigenvalue weighted by Crippen LogP contribution is -2.60. The molecule has 1 rings (SSSR count). The van der Waals surface area contributed by atoms with Gasteiger partial charge in [-0.1, -0.05) is 0 Å². The first kappa shape index (κ1) is 11.8. The summed E-state index contributed by atoms with van der Waals surface area (Å²) in [6.07, 6.45) is 2.58. The second-order valence-corrected chi connectivity index (χ2v) is 3.45. The van der Waals surface area contributed by atoms with Crippen LogP contribution < -0.4 is 0 Å². The number of hydrogen-bond donors (Lipinski definition) is 0. The fourth-order valence-corrected chi connectivity index (χ4v) is 1.55. The molecule has 0 aromatic carbocycles. The van der Waals surface area contributed by atoms with Crippen LogP contribution in [0.3, 0.4) is 0 Å². The molecule has 0 N–H and O–H groups in total. The maximum Gasteiger partial charge on any atom is 0.501 e. The van der Waals surface area contributed by atoms with Crippen LogP contribution in [-0.2, 0) is 9.74 Å². The zero-order chi connectivity index (χ0) is 11.7. The second kappa shape index (κ2) is 3.73. The topological polar surface area (TPSA) is 29.5 Å². The summed E-state index contributed by atoms with van der Waals surface area (Å²) in [5.74, 6) is -2.16. The summed E-state index contributed by atoms with van der Waals surface area (Å²) < 4.78 is 37.7. The van der Waals surface area contributed by atoms with Gasteiger partial charge in [0.2, 0.25) is 0 Å². The van der Waals surface area contributed by atoms with Crippen molar-refractivity contribution in [2.75, 3.05) is 20.3 Å². The van der Waals surface area contributed by atoms with Gasteiger partial charge in [0.15, 0.2) is 6.67 Å². The van der Waals surface area contributed by atoms with Crippen LogP contribution in [-0.4, -0.2) is 41.7 Å². The molecule has 86 valence electrons. The van der Waals surface area contributed by atoms with Crippen molar-refractivity contribution < 1.29 is 27.5 Å². The van der Waals surface area contributed by atoms with E-state index >= 15 is 0 Å². The highest BCUT2D eigenvalue weighted by Crippen LogP contribution is 2.34. The molecule has 1 heterocycles. The lowest BCUT2D eigenvalue weighted by molar-refractivity contribution is -0.955. The number of carbonyl (C=O) groups is 1. The van der Waals surface area contributed by atoms with E-state index in [1.165, 1.54) is 18.0 Å². The summed E-state index contributed by atoms with van der Waals surface area (Å²) in [4.78, 5) is 14.8. The van der Waals surface area contributed by atoms with Gasteiger partial charge < -0.3 is 4.90 Å². The Balaban J connectivity index is 3.02. The van der Waals surface area contributed by atoms with Crippen molar-refractivity contribution in [3.63, 3.8) is 0 Å². The Kier molecular flexibility index (Phi) is 2.94. The van der Waals surface area contributed by atoms with Crippen LogP contribution >= 0.6 is 0 Å². The second-order valence-electron chi connectivity index (χ2n) is 3.45.